The van der Waals surface area contributed by atoms with E-state index in [4.69, 9.17) is 31.2 Å². The number of allylic oxidation sites excluding steroid dienone is 1. The van der Waals surface area contributed by atoms with Crippen LogP contribution in [0.3, 0.4) is 0 Å². The van der Waals surface area contributed by atoms with Gasteiger partial charge >= 0.3 is 5.97 Å². The molecule has 3 N–H and O–H groups in total. The van der Waals surface area contributed by atoms with Gasteiger partial charge in [-0.2, -0.15) is 5.26 Å². The fourth-order valence-corrected chi connectivity index (χ4v) is 3.99. The minimum atomic E-state index is -0.638. The summed E-state index contributed by atoms with van der Waals surface area (Å²) in [6.07, 6.45) is 1.39. The van der Waals surface area contributed by atoms with E-state index in [1.165, 1.54) is 12.3 Å². The van der Waals surface area contributed by atoms with Crippen LogP contribution in [0.15, 0.2) is 82.8 Å². The van der Waals surface area contributed by atoms with E-state index >= 15 is 0 Å². The summed E-state index contributed by atoms with van der Waals surface area (Å²) in [5.41, 5.74) is 8.79. The number of esters is 1. The Morgan fingerprint density at radius 2 is 2.03 bits per heavy atom. The summed E-state index contributed by atoms with van der Waals surface area (Å²) in [4.78, 5) is 12.3. The van der Waals surface area contributed by atoms with Gasteiger partial charge in [0, 0.05) is 10.6 Å². The maximum Gasteiger partial charge on any atom is 0.379 e. The lowest BCUT2D eigenvalue weighted by atomic mass is 9.83. The number of ether oxygens (including phenoxy) is 2. The van der Waals surface area contributed by atoms with Crippen molar-refractivity contribution in [3.63, 3.8) is 0 Å². The molecule has 0 amide bonds. The van der Waals surface area contributed by atoms with Crippen molar-refractivity contribution in [2.45, 2.75) is 5.92 Å². The first-order chi connectivity index (χ1) is 16.1. The Balaban J connectivity index is 1.61. The van der Waals surface area contributed by atoms with Gasteiger partial charge in [0.15, 0.2) is 0 Å². The summed E-state index contributed by atoms with van der Waals surface area (Å²) < 4.78 is 16.2. The molecule has 162 valence electrons. The zero-order valence-electron chi connectivity index (χ0n) is 16.9. The molecule has 2 aromatic carbocycles. The van der Waals surface area contributed by atoms with Gasteiger partial charge in [0.1, 0.15) is 17.4 Å². The number of nitrogens with two attached hydrogens (primary N) is 1. The second-order valence-corrected chi connectivity index (χ2v) is 7.57. The number of fused-ring (bicyclic) bond motifs is 1. The number of hydrogen-bond acceptors (Lipinski definition) is 7. The zero-order valence-corrected chi connectivity index (χ0v) is 17.7. The molecule has 0 saturated heterocycles. The first kappa shape index (κ1) is 20.4. The number of carbonyl (C=O) groups is 1. The summed E-state index contributed by atoms with van der Waals surface area (Å²) in [6, 6.07) is 19.3. The Kier molecular flexibility index (Phi) is 5.09. The second kappa shape index (κ2) is 8.22. The quantitative estimate of drug-likeness (QED) is 0.333. The number of nitrogens with zero attached hydrogens (tertiary/aromatic N) is 2. The van der Waals surface area contributed by atoms with Crippen LogP contribution >= 0.6 is 11.6 Å². The van der Waals surface area contributed by atoms with Gasteiger partial charge in [0.05, 0.1) is 23.4 Å². The predicted octanol–water partition coefficient (Wildman–Crippen LogP) is 4.76. The smallest absolute Gasteiger partial charge is 0.379 e. The van der Waals surface area contributed by atoms with Gasteiger partial charge in [-0.1, -0.05) is 41.9 Å². The van der Waals surface area contributed by atoms with Crippen LogP contribution in [0.5, 0.6) is 11.6 Å². The molecule has 1 aliphatic heterocycles. The number of halogens is 1. The monoisotopic (exact) mass is 458 g/mol. The molecule has 9 heteroatoms. The Morgan fingerprint density at radius 1 is 1.18 bits per heavy atom. The third-order valence-corrected chi connectivity index (χ3v) is 5.54. The van der Waals surface area contributed by atoms with Gasteiger partial charge in [-0.3, -0.25) is 5.10 Å². The van der Waals surface area contributed by atoms with Gasteiger partial charge in [0.25, 0.3) is 0 Å². The number of hydrogen-bond donors (Lipinski definition) is 2. The summed E-state index contributed by atoms with van der Waals surface area (Å²) in [5.74, 6) is -0.729. The molecule has 8 nitrogen and oxygen atoms in total. The van der Waals surface area contributed by atoms with E-state index in [-0.39, 0.29) is 28.8 Å². The maximum atomic E-state index is 12.3. The largest absolute Gasteiger partial charge is 0.457 e. The molecule has 2 aromatic heterocycles. The van der Waals surface area contributed by atoms with Crippen molar-refractivity contribution in [1.82, 2.24) is 10.2 Å². The summed E-state index contributed by atoms with van der Waals surface area (Å²) in [5, 5.41) is 17.6. The minimum Gasteiger partial charge on any atom is -0.457 e. The first-order valence-corrected chi connectivity index (χ1v) is 10.2. The molecular formula is C24H15ClN4O4. The highest BCUT2D eigenvalue weighted by molar-refractivity contribution is 6.33. The van der Waals surface area contributed by atoms with Crippen LogP contribution in [0.2, 0.25) is 5.02 Å². The summed E-state index contributed by atoms with van der Waals surface area (Å²) >= 11 is 6.43. The van der Waals surface area contributed by atoms with E-state index < -0.39 is 11.9 Å². The van der Waals surface area contributed by atoms with Gasteiger partial charge < -0.3 is 19.6 Å². The topological polar surface area (TPSA) is 127 Å². The number of benzene rings is 2. The number of H-pyrrole nitrogens is 1. The number of nitriles is 1. The minimum absolute atomic E-state index is 0.0507. The number of aromatic nitrogens is 2. The van der Waals surface area contributed by atoms with Crippen molar-refractivity contribution in [2.24, 2.45) is 5.73 Å². The molecule has 5 rings (SSSR count). The molecule has 0 bridgehead atoms. The standard InChI is InChI=1S/C24H15ClN4O4/c25-17-8-2-1-7-15(17)21-20-19(16(12-26)22(27)33-23(20)29-28-21)13-5-3-6-14(11-13)32-24(30)18-9-4-10-31-18/h1-11,19H,27H2,(H,28,29)/t19-/m1/s1. The average Bonchev–Trinajstić information content (AvgIpc) is 3.49. The molecule has 0 unspecified atom stereocenters. The van der Waals surface area contributed by atoms with E-state index in [2.05, 4.69) is 16.3 Å². The van der Waals surface area contributed by atoms with Gasteiger partial charge in [-0.25, -0.2) is 4.79 Å². The number of furan rings is 1. The van der Waals surface area contributed by atoms with Crippen LogP contribution < -0.4 is 15.2 Å². The lowest BCUT2D eigenvalue weighted by Gasteiger charge is -2.24. The lowest BCUT2D eigenvalue weighted by molar-refractivity contribution is 0.0701. The van der Waals surface area contributed by atoms with Gasteiger partial charge in [0.2, 0.25) is 17.5 Å². The molecule has 0 radical (unpaired) electrons. The summed E-state index contributed by atoms with van der Waals surface area (Å²) in [6.45, 7) is 0. The molecular weight excluding hydrogens is 444 g/mol. The zero-order chi connectivity index (χ0) is 22.9. The average molecular weight is 459 g/mol. The Morgan fingerprint density at radius 3 is 2.79 bits per heavy atom. The number of nitrogens with one attached hydrogen (secondary N) is 1. The fraction of sp³-hybridized carbons (Fsp3) is 0.0417. The third kappa shape index (κ3) is 3.60. The molecule has 4 aromatic rings. The predicted molar refractivity (Wildman–Crippen MR) is 118 cm³/mol. The maximum absolute atomic E-state index is 12.3. The van der Waals surface area contributed by atoms with Gasteiger partial charge in [-0.05, 0) is 35.9 Å². The molecule has 1 aliphatic rings. The van der Waals surface area contributed by atoms with E-state index in [1.807, 2.05) is 18.2 Å². The van der Waals surface area contributed by atoms with Crippen molar-refractivity contribution >= 4 is 17.6 Å². The SMILES string of the molecule is N#CC1=C(N)Oc2n[nH]c(-c3ccccc3Cl)c2[C@@H]1c1cccc(OC(=O)c2ccco2)c1. The van der Waals surface area contributed by atoms with Crippen LogP contribution in [-0.4, -0.2) is 16.2 Å². The molecule has 1 atom stereocenters. The van der Waals surface area contributed by atoms with Crippen LogP contribution in [0.4, 0.5) is 0 Å². The molecule has 3 heterocycles. The highest BCUT2D eigenvalue weighted by Crippen LogP contribution is 2.47. The van der Waals surface area contributed by atoms with Crippen molar-refractivity contribution in [2.75, 3.05) is 0 Å². The van der Waals surface area contributed by atoms with Crippen molar-refractivity contribution in [1.29, 1.82) is 5.26 Å². The third-order valence-electron chi connectivity index (χ3n) is 5.21. The number of rotatable bonds is 4. The van der Waals surface area contributed by atoms with Crippen LogP contribution in [0.25, 0.3) is 11.3 Å². The van der Waals surface area contributed by atoms with Crippen LogP contribution in [0, 0.1) is 11.3 Å². The lowest BCUT2D eigenvalue weighted by Crippen LogP contribution is -2.21. The fourth-order valence-electron chi connectivity index (χ4n) is 3.76. The molecule has 0 aliphatic carbocycles. The molecule has 0 spiro atoms. The first-order valence-electron chi connectivity index (χ1n) is 9.83. The van der Waals surface area contributed by atoms with Gasteiger partial charge in [-0.15, -0.1) is 5.10 Å². The van der Waals surface area contributed by atoms with E-state index in [0.717, 1.165) is 0 Å². The van der Waals surface area contributed by atoms with Crippen molar-refractivity contribution < 1.29 is 18.7 Å². The highest BCUT2D eigenvalue weighted by atomic mass is 35.5. The van der Waals surface area contributed by atoms with Crippen LogP contribution in [-0.2, 0) is 0 Å². The number of aromatic amines is 1. The Bertz CT molecular complexity index is 1430. The normalized spacial score (nSPS) is 14.8. The molecule has 0 fully saturated rings. The van der Waals surface area contributed by atoms with Crippen molar-refractivity contribution in [3.8, 4) is 29.0 Å². The highest BCUT2D eigenvalue weighted by Gasteiger charge is 2.36. The summed E-state index contributed by atoms with van der Waals surface area (Å²) in [7, 11) is 0. The molecule has 33 heavy (non-hydrogen) atoms. The van der Waals surface area contributed by atoms with E-state index in [1.54, 1.807) is 36.4 Å². The molecule has 0 saturated carbocycles. The Hall–Kier alpha value is -4.48. The van der Waals surface area contributed by atoms with E-state index in [9.17, 15) is 10.1 Å². The number of carbonyl (C=O) groups excluding carboxylic acids is 1. The second-order valence-electron chi connectivity index (χ2n) is 7.16. The van der Waals surface area contributed by atoms with E-state index in [0.29, 0.717) is 27.4 Å². The Labute approximate surface area is 192 Å². The van der Waals surface area contributed by atoms with Crippen molar-refractivity contribution in [3.05, 3.63) is 100 Å². The van der Waals surface area contributed by atoms with Crippen LogP contribution in [0.1, 0.15) is 27.6 Å².